The average molecular weight is 423 g/mol. The minimum absolute atomic E-state index is 0.0181. The molecular formula is C22H34N2O4S. The summed E-state index contributed by atoms with van der Waals surface area (Å²) in [5, 5.41) is 0. The lowest BCUT2D eigenvalue weighted by Crippen LogP contribution is -2.52. The van der Waals surface area contributed by atoms with Crippen molar-refractivity contribution in [3.8, 4) is 5.75 Å². The standard InChI is InChI=1S/C22H34N2O4S/c1-17(28-20-7-5-18(6-8-20)22(2,3)4)21(25)24-11-9-19(10-12-24)23-13-15-29(26,27)16-14-23/h5-8,17,19H,9-16H2,1-4H3/t17-/m1/s1. The van der Waals surface area contributed by atoms with Gasteiger partial charge in [0, 0.05) is 32.2 Å². The Balaban J connectivity index is 1.48. The molecule has 0 aliphatic carbocycles. The Labute approximate surface area is 175 Å². The summed E-state index contributed by atoms with van der Waals surface area (Å²) >= 11 is 0. The molecule has 0 radical (unpaired) electrons. The van der Waals surface area contributed by atoms with Crippen molar-refractivity contribution in [2.24, 2.45) is 0 Å². The number of piperidine rings is 1. The largest absolute Gasteiger partial charge is 0.481 e. The molecule has 29 heavy (non-hydrogen) atoms. The van der Waals surface area contributed by atoms with E-state index in [0.717, 1.165) is 12.8 Å². The average Bonchev–Trinajstić information content (AvgIpc) is 2.67. The number of carbonyl (C=O) groups is 1. The van der Waals surface area contributed by atoms with E-state index in [2.05, 4.69) is 37.8 Å². The number of ether oxygens (including phenoxy) is 1. The monoisotopic (exact) mass is 422 g/mol. The predicted molar refractivity (Wildman–Crippen MR) is 115 cm³/mol. The molecule has 7 heteroatoms. The Morgan fingerprint density at radius 1 is 1.03 bits per heavy atom. The van der Waals surface area contributed by atoms with Crippen molar-refractivity contribution in [3.63, 3.8) is 0 Å². The van der Waals surface area contributed by atoms with Crippen molar-refractivity contribution in [1.29, 1.82) is 0 Å². The van der Waals surface area contributed by atoms with Crippen LogP contribution >= 0.6 is 0 Å². The summed E-state index contributed by atoms with van der Waals surface area (Å²) in [6.07, 6.45) is 1.25. The van der Waals surface area contributed by atoms with E-state index < -0.39 is 15.9 Å². The van der Waals surface area contributed by atoms with E-state index in [1.165, 1.54) is 5.56 Å². The van der Waals surface area contributed by atoms with Gasteiger partial charge in [-0.05, 0) is 42.9 Å². The molecule has 0 bridgehead atoms. The molecule has 1 amide bonds. The molecule has 1 aromatic carbocycles. The quantitative estimate of drug-likeness (QED) is 0.746. The van der Waals surface area contributed by atoms with Crippen molar-refractivity contribution < 1.29 is 17.9 Å². The summed E-state index contributed by atoms with van der Waals surface area (Å²) in [5.74, 6) is 1.24. The molecule has 3 rings (SSSR count). The van der Waals surface area contributed by atoms with E-state index in [9.17, 15) is 13.2 Å². The van der Waals surface area contributed by atoms with Crippen LogP contribution in [0.4, 0.5) is 0 Å². The molecule has 2 aliphatic rings. The summed E-state index contributed by atoms with van der Waals surface area (Å²) in [4.78, 5) is 17.0. The van der Waals surface area contributed by atoms with Crippen LogP contribution in [-0.4, -0.2) is 74.0 Å². The predicted octanol–water partition coefficient (Wildman–Crippen LogP) is 2.47. The second-order valence-corrected chi connectivity index (χ2v) is 11.6. The number of nitrogens with zero attached hydrogens (tertiary/aromatic N) is 2. The van der Waals surface area contributed by atoms with Gasteiger partial charge in [-0.25, -0.2) is 8.42 Å². The van der Waals surface area contributed by atoms with Crippen LogP contribution in [0, 0.1) is 0 Å². The van der Waals surface area contributed by atoms with E-state index in [4.69, 9.17) is 4.74 Å². The van der Waals surface area contributed by atoms with Crippen LogP contribution in [0.5, 0.6) is 5.75 Å². The zero-order valence-electron chi connectivity index (χ0n) is 18.1. The third kappa shape index (κ3) is 5.72. The van der Waals surface area contributed by atoms with Gasteiger partial charge < -0.3 is 9.64 Å². The Morgan fingerprint density at radius 2 is 1.59 bits per heavy atom. The maximum atomic E-state index is 12.8. The third-order valence-corrected chi connectivity index (χ3v) is 7.66. The molecule has 2 saturated heterocycles. The molecule has 162 valence electrons. The van der Waals surface area contributed by atoms with Crippen molar-refractivity contribution in [1.82, 2.24) is 9.80 Å². The number of amides is 1. The van der Waals surface area contributed by atoms with Crippen LogP contribution in [0.3, 0.4) is 0 Å². The number of likely N-dealkylation sites (tertiary alicyclic amines) is 1. The van der Waals surface area contributed by atoms with E-state index in [1.54, 1.807) is 0 Å². The molecular weight excluding hydrogens is 388 g/mol. The first-order valence-corrected chi connectivity index (χ1v) is 12.4. The van der Waals surface area contributed by atoms with Crippen LogP contribution in [-0.2, 0) is 20.0 Å². The maximum Gasteiger partial charge on any atom is 0.263 e. The Hall–Kier alpha value is -1.60. The van der Waals surface area contributed by atoms with Gasteiger partial charge >= 0.3 is 0 Å². The van der Waals surface area contributed by atoms with Crippen LogP contribution in [0.25, 0.3) is 0 Å². The van der Waals surface area contributed by atoms with Crippen LogP contribution in [0.2, 0.25) is 0 Å². The normalized spacial score (nSPS) is 22.3. The van der Waals surface area contributed by atoms with Crippen molar-refractivity contribution >= 4 is 15.7 Å². The molecule has 1 atom stereocenters. The summed E-state index contributed by atoms with van der Waals surface area (Å²) in [6.45, 7) is 10.9. The van der Waals surface area contributed by atoms with E-state index in [-0.39, 0.29) is 22.8 Å². The Kier molecular flexibility index (Phi) is 6.58. The molecule has 0 unspecified atom stereocenters. The number of rotatable bonds is 4. The molecule has 0 saturated carbocycles. The second-order valence-electron chi connectivity index (χ2n) is 9.28. The summed E-state index contributed by atoms with van der Waals surface area (Å²) in [6, 6.07) is 8.34. The molecule has 0 spiro atoms. The molecule has 2 heterocycles. The highest BCUT2D eigenvalue weighted by atomic mass is 32.2. The third-order valence-electron chi connectivity index (χ3n) is 6.05. The maximum absolute atomic E-state index is 12.8. The van der Waals surface area contributed by atoms with Crippen molar-refractivity contribution in [3.05, 3.63) is 29.8 Å². The van der Waals surface area contributed by atoms with Gasteiger partial charge in [0.1, 0.15) is 5.75 Å². The van der Waals surface area contributed by atoms with Crippen molar-refractivity contribution in [2.45, 2.75) is 58.1 Å². The smallest absolute Gasteiger partial charge is 0.263 e. The molecule has 6 nitrogen and oxygen atoms in total. The zero-order valence-corrected chi connectivity index (χ0v) is 18.9. The van der Waals surface area contributed by atoms with Crippen LogP contribution in [0.1, 0.15) is 46.1 Å². The van der Waals surface area contributed by atoms with E-state index in [1.807, 2.05) is 24.0 Å². The highest BCUT2D eigenvalue weighted by molar-refractivity contribution is 7.91. The number of sulfone groups is 1. The fourth-order valence-corrected chi connectivity index (χ4v) is 5.32. The molecule has 0 aromatic heterocycles. The lowest BCUT2D eigenvalue weighted by Gasteiger charge is -2.40. The van der Waals surface area contributed by atoms with Gasteiger partial charge in [-0.1, -0.05) is 32.9 Å². The van der Waals surface area contributed by atoms with Gasteiger partial charge in [0.15, 0.2) is 15.9 Å². The number of hydrogen-bond donors (Lipinski definition) is 0. The van der Waals surface area contributed by atoms with Gasteiger partial charge in [-0.15, -0.1) is 0 Å². The van der Waals surface area contributed by atoms with Gasteiger partial charge in [-0.2, -0.15) is 0 Å². The van der Waals surface area contributed by atoms with Gasteiger partial charge in [0.25, 0.3) is 5.91 Å². The summed E-state index contributed by atoms with van der Waals surface area (Å²) < 4.78 is 29.1. The highest BCUT2D eigenvalue weighted by Crippen LogP contribution is 2.25. The summed E-state index contributed by atoms with van der Waals surface area (Å²) in [7, 11) is -2.85. The topological polar surface area (TPSA) is 66.9 Å². The number of hydrogen-bond acceptors (Lipinski definition) is 5. The van der Waals surface area contributed by atoms with Crippen LogP contribution < -0.4 is 4.74 Å². The summed E-state index contributed by atoms with van der Waals surface area (Å²) in [5.41, 5.74) is 1.32. The lowest BCUT2D eigenvalue weighted by atomic mass is 9.87. The molecule has 0 N–H and O–H groups in total. The van der Waals surface area contributed by atoms with Crippen molar-refractivity contribution in [2.75, 3.05) is 37.7 Å². The fourth-order valence-electron chi connectivity index (χ4n) is 4.09. The minimum Gasteiger partial charge on any atom is -0.481 e. The first-order chi connectivity index (χ1) is 13.5. The SMILES string of the molecule is C[C@@H](Oc1ccc(C(C)(C)C)cc1)C(=O)N1CCC(N2CCS(=O)(=O)CC2)CC1. The molecule has 1 aromatic rings. The van der Waals surface area contributed by atoms with Gasteiger partial charge in [0.2, 0.25) is 0 Å². The Bertz CT molecular complexity index is 792. The zero-order chi connectivity index (χ0) is 21.2. The van der Waals surface area contributed by atoms with Crippen LogP contribution in [0.15, 0.2) is 24.3 Å². The first-order valence-electron chi connectivity index (χ1n) is 10.6. The number of carbonyl (C=O) groups excluding carboxylic acids is 1. The lowest BCUT2D eigenvalue weighted by molar-refractivity contribution is -0.139. The van der Waals surface area contributed by atoms with Gasteiger partial charge in [-0.3, -0.25) is 9.69 Å². The van der Waals surface area contributed by atoms with E-state index >= 15 is 0 Å². The van der Waals surface area contributed by atoms with E-state index in [0.29, 0.717) is 38.0 Å². The number of benzene rings is 1. The second kappa shape index (κ2) is 8.64. The Morgan fingerprint density at radius 3 is 2.10 bits per heavy atom. The molecule has 2 aliphatic heterocycles. The van der Waals surface area contributed by atoms with Gasteiger partial charge in [0.05, 0.1) is 11.5 Å². The fraction of sp³-hybridized carbons (Fsp3) is 0.682. The molecule has 2 fully saturated rings. The first kappa shape index (κ1) is 22.1. The highest BCUT2D eigenvalue weighted by Gasteiger charge is 2.32. The minimum atomic E-state index is -2.85.